The number of thioether (sulfide) groups is 1. The van der Waals surface area contributed by atoms with Crippen molar-refractivity contribution in [3.63, 3.8) is 0 Å². The number of hydrogen-bond donors (Lipinski definition) is 2. The van der Waals surface area contributed by atoms with Crippen molar-refractivity contribution in [2.45, 2.75) is 38.0 Å². The number of nitrogens with one attached hydrogen (secondary N) is 2. The number of furan rings is 1. The average Bonchev–Trinajstić information content (AvgIpc) is 3.29. The van der Waals surface area contributed by atoms with Crippen LogP contribution in [0.3, 0.4) is 0 Å². The summed E-state index contributed by atoms with van der Waals surface area (Å²) in [4.78, 5) is 24.0. The standard InChI is InChI=1S/C20H23N5O3S/c1-20(2,3)22-18(27)21-16(26)13-29-19-24-23-17(15-10-7-11-28-15)25(19)12-14-8-5-4-6-9-14/h4-11H,12-13H2,1-3H3,(H2,21,22,26,27). The van der Waals surface area contributed by atoms with Crippen LogP contribution in [0.5, 0.6) is 0 Å². The molecule has 2 heterocycles. The van der Waals surface area contributed by atoms with E-state index in [0.29, 0.717) is 23.3 Å². The van der Waals surface area contributed by atoms with Crippen LogP contribution in [0.25, 0.3) is 11.6 Å². The molecule has 0 aliphatic heterocycles. The van der Waals surface area contributed by atoms with Crippen LogP contribution >= 0.6 is 11.8 Å². The normalized spacial score (nSPS) is 11.3. The van der Waals surface area contributed by atoms with Gasteiger partial charge in [0.25, 0.3) is 0 Å². The molecule has 2 N–H and O–H groups in total. The molecule has 0 bridgehead atoms. The number of aromatic nitrogens is 3. The first-order chi connectivity index (χ1) is 13.8. The predicted octanol–water partition coefficient (Wildman–Crippen LogP) is 3.30. The van der Waals surface area contributed by atoms with E-state index in [0.717, 1.165) is 5.56 Å². The van der Waals surface area contributed by atoms with Crippen molar-refractivity contribution in [3.8, 4) is 11.6 Å². The van der Waals surface area contributed by atoms with Crippen molar-refractivity contribution in [1.82, 2.24) is 25.4 Å². The number of amides is 3. The lowest BCUT2D eigenvalue weighted by atomic mass is 10.1. The van der Waals surface area contributed by atoms with Crippen LogP contribution < -0.4 is 10.6 Å². The first-order valence-electron chi connectivity index (χ1n) is 9.07. The Balaban J connectivity index is 1.72. The van der Waals surface area contributed by atoms with Crippen LogP contribution in [0.15, 0.2) is 58.3 Å². The van der Waals surface area contributed by atoms with Crippen molar-refractivity contribution < 1.29 is 14.0 Å². The molecular formula is C20H23N5O3S. The highest BCUT2D eigenvalue weighted by Gasteiger charge is 2.19. The molecule has 0 radical (unpaired) electrons. The van der Waals surface area contributed by atoms with Gasteiger partial charge in [0.15, 0.2) is 10.9 Å². The van der Waals surface area contributed by atoms with Crippen molar-refractivity contribution in [2.75, 3.05) is 5.75 Å². The van der Waals surface area contributed by atoms with E-state index < -0.39 is 17.5 Å². The molecule has 9 heteroatoms. The summed E-state index contributed by atoms with van der Waals surface area (Å²) in [5.74, 6) is 0.787. The number of nitrogens with zero attached hydrogens (tertiary/aromatic N) is 3. The molecule has 0 unspecified atom stereocenters. The zero-order chi connectivity index (χ0) is 20.9. The molecule has 2 aromatic heterocycles. The first kappa shape index (κ1) is 20.7. The van der Waals surface area contributed by atoms with Crippen molar-refractivity contribution in [1.29, 1.82) is 0 Å². The smallest absolute Gasteiger partial charge is 0.321 e. The molecule has 0 aliphatic carbocycles. The summed E-state index contributed by atoms with van der Waals surface area (Å²) in [5.41, 5.74) is 0.640. The minimum atomic E-state index is -0.523. The van der Waals surface area contributed by atoms with Gasteiger partial charge < -0.3 is 9.73 Å². The molecule has 0 atom stereocenters. The van der Waals surface area contributed by atoms with Gasteiger partial charge in [0.2, 0.25) is 11.7 Å². The fourth-order valence-electron chi connectivity index (χ4n) is 2.56. The number of imide groups is 1. The van der Waals surface area contributed by atoms with Gasteiger partial charge in [0.1, 0.15) is 0 Å². The van der Waals surface area contributed by atoms with Crippen molar-refractivity contribution in [2.24, 2.45) is 0 Å². The van der Waals surface area contributed by atoms with E-state index in [4.69, 9.17) is 4.42 Å². The molecule has 3 amide bonds. The Labute approximate surface area is 173 Å². The van der Waals surface area contributed by atoms with Gasteiger partial charge in [-0.15, -0.1) is 10.2 Å². The van der Waals surface area contributed by atoms with Gasteiger partial charge in [-0.05, 0) is 38.5 Å². The number of benzene rings is 1. The zero-order valence-electron chi connectivity index (χ0n) is 16.5. The molecule has 8 nitrogen and oxygen atoms in total. The van der Waals surface area contributed by atoms with Crippen LogP contribution in [0.1, 0.15) is 26.3 Å². The predicted molar refractivity (Wildman–Crippen MR) is 110 cm³/mol. The summed E-state index contributed by atoms with van der Waals surface area (Å²) in [6.45, 7) is 6.05. The van der Waals surface area contributed by atoms with E-state index in [2.05, 4.69) is 20.8 Å². The maximum atomic E-state index is 12.1. The van der Waals surface area contributed by atoms with Gasteiger partial charge in [-0.3, -0.25) is 14.7 Å². The third-order valence-electron chi connectivity index (χ3n) is 3.72. The Bertz CT molecular complexity index is 962. The lowest BCUT2D eigenvalue weighted by molar-refractivity contribution is -0.117. The summed E-state index contributed by atoms with van der Waals surface area (Å²) in [6.07, 6.45) is 1.57. The minimum absolute atomic E-state index is 0.0304. The third-order valence-corrected chi connectivity index (χ3v) is 4.68. The average molecular weight is 414 g/mol. The second kappa shape index (κ2) is 8.95. The van der Waals surface area contributed by atoms with E-state index in [9.17, 15) is 9.59 Å². The summed E-state index contributed by atoms with van der Waals surface area (Å²) in [6, 6.07) is 12.9. The molecule has 0 saturated heterocycles. The number of hydrogen-bond acceptors (Lipinski definition) is 6. The van der Waals surface area contributed by atoms with Crippen LogP contribution in [-0.2, 0) is 11.3 Å². The molecule has 3 aromatic rings. The van der Waals surface area contributed by atoms with Gasteiger partial charge in [-0.1, -0.05) is 42.1 Å². The van der Waals surface area contributed by atoms with Crippen LogP contribution in [-0.4, -0.2) is 38.0 Å². The highest BCUT2D eigenvalue weighted by molar-refractivity contribution is 7.99. The Morgan fingerprint density at radius 3 is 2.52 bits per heavy atom. The Hall–Kier alpha value is -3.07. The molecule has 0 aliphatic rings. The molecule has 29 heavy (non-hydrogen) atoms. The summed E-state index contributed by atoms with van der Waals surface area (Å²) in [5, 5.41) is 14.0. The van der Waals surface area contributed by atoms with Gasteiger partial charge in [0, 0.05) is 5.54 Å². The molecule has 0 saturated carbocycles. The quantitative estimate of drug-likeness (QED) is 0.601. The number of rotatable bonds is 6. The highest BCUT2D eigenvalue weighted by Crippen LogP contribution is 2.25. The summed E-state index contributed by atoms with van der Waals surface area (Å²) >= 11 is 1.21. The molecule has 0 spiro atoms. The summed E-state index contributed by atoms with van der Waals surface area (Å²) in [7, 11) is 0. The fourth-order valence-corrected chi connectivity index (χ4v) is 3.29. The Morgan fingerprint density at radius 2 is 1.86 bits per heavy atom. The largest absolute Gasteiger partial charge is 0.461 e. The number of carbonyl (C=O) groups is 2. The van der Waals surface area contributed by atoms with E-state index in [1.165, 1.54) is 11.8 Å². The lowest BCUT2D eigenvalue weighted by Crippen LogP contribution is -2.48. The van der Waals surface area contributed by atoms with E-state index in [1.54, 1.807) is 12.3 Å². The molecule has 1 aromatic carbocycles. The maximum Gasteiger partial charge on any atom is 0.321 e. The van der Waals surface area contributed by atoms with Crippen LogP contribution in [0.4, 0.5) is 4.79 Å². The molecule has 152 valence electrons. The highest BCUT2D eigenvalue weighted by atomic mass is 32.2. The Morgan fingerprint density at radius 1 is 1.10 bits per heavy atom. The number of urea groups is 1. The van der Waals surface area contributed by atoms with E-state index in [1.807, 2.05) is 61.7 Å². The van der Waals surface area contributed by atoms with Crippen LogP contribution in [0, 0.1) is 0 Å². The first-order valence-corrected chi connectivity index (χ1v) is 10.1. The SMILES string of the molecule is CC(C)(C)NC(=O)NC(=O)CSc1nnc(-c2ccco2)n1Cc1ccccc1. The molecule has 0 fully saturated rings. The second-order valence-corrected chi connectivity index (χ2v) is 8.34. The van der Waals surface area contributed by atoms with Crippen molar-refractivity contribution in [3.05, 3.63) is 54.3 Å². The van der Waals surface area contributed by atoms with Gasteiger partial charge >= 0.3 is 6.03 Å². The zero-order valence-corrected chi connectivity index (χ0v) is 17.3. The minimum Gasteiger partial charge on any atom is -0.461 e. The second-order valence-electron chi connectivity index (χ2n) is 7.40. The molecule has 3 rings (SSSR count). The van der Waals surface area contributed by atoms with Crippen molar-refractivity contribution >= 4 is 23.7 Å². The maximum absolute atomic E-state index is 12.1. The number of carbonyl (C=O) groups excluding carboxylic acids is 2. The Kier molecular flexibility index (Phi) is 6.38. The van der Waals surface area contributed by atoms with E-state index in [-0.39, 0.29) is 5.75 Å². The third kappa shape index (κ3) is 5.95. The van der Waals surface area contributed by atoms with E-state index >= 15 is 0 Å². The summed E-state index contributed by atoms with van der Waals surface area (Å²) < 4.78 is 7.36. The fraction of sp³-hybridized carbons (Fsp3) is 0.300. The monoisotopic (exact) mass is 413 g/mol. The topological polar surface area (TPSA) is 102 Å². The molecular weight excluding hydrogens is 390 g/mol. The van der Waals surface area contributed by atoms with Gasteiger partial charge in [-0.25, -0.2) is 4.79 Å². The van der Waals surface area contributed by atoms with Gasteiger partial charge in [-0.2, -0.15) is 0 Å². The van der Waals surface area contributed by atoms with Gasteiger partial charge in [0.05, 0.1) is 18.6 Å². The van der Waals surface area contributed by atoms with Crippen LogP contribution in [0.2, 0.25) is 0 Å². The lowest BCUT2D eigenvalue weighted by Gasteiger charge is -2.20.